The van der Waals surface area contributed by atoms with Crippen LogP contribution in [0.2, 0.25) is 5.02 Å². The first-order valence-electron chi connectivity index (χ1n) is 7.14. The third kappa shape index (κ3) is 4.19. The van der Waals surface area contributed by atoms with E-state index >= 15 is 0 Å². The molecule has 0 saturated carbocycles. The van der Waals surface area contributed by atoms with Crippen molar-refractivity contribution in [3.8, 4) is 0 Å². The molecule has 1 atom stereocenters. The van der Waals surface area contributed by atoms with E-state index < -0.39 is 17.5 Å². The van der Waals surface area contributed by atoms with Gasteiger partial charge in [-0.25, -0.2) is 9.18 Å². The van der Waals surface area contributed by atoms with Crippen molar-refractivity contribution in [1.29, 1.82) is 0 Å². The molecule has 0 aliphatic carbocycles. The Kier molecular flexibility index (Phi) is 4.75. The SMILES string of the molecule is CC(C)(C)OC(=O)N1CC[C@H](C(=O)c2cc(F)cc(Cl)c2)C1. The molecule has 1 fully saturated rings. The third-order valence-electron chi connectivity index (χ3n) is 3.36. The number of hydrogen-bond acceptors (Lipinski definition) is 3. The van der Waals surface area contributed by atoms with Gasteiger partial charge >= 0.3 is 6.09 Å². The van der Waals surface area contributed by atoms with Gasteiger partial charge < -0.3 is 9.64 Å². The molecule has 0 aromatic heterocycles. The summed E-state index contributed by atoms with van der Waals surface area (Å²) < 4.78 is 18.6. The number of ether oxygens (including phenoxy) is 1. The van der Waals surface area contributed by atoms with Crippen molar-refractivity contribution >= 4 is 23.5 Å². The largest absolute Gasteiger partial charge is 0.444 e. The Hall–Kier alpha value is -1.62. The van der Waals surface area contributed by atoms with Gasteiger partial charge in [0, 0.05) is 29.6 Å². The van der Waals surface area contributed by atoms with E-state index in [9.17, 15) is 14.0 Å². The minimum absolute atomic E-state index is 0.186. The zero-order valence-corrected chi connectivity index (χ0v) is 13.6. The maximum absolute atomic E-state index is 13.3. The Balaban J connectivity index is 2.03. The van der Waals surface area contributed by atoms with Crippen LogP contribution < -0.4 is 0 Å². The predicted octanol–water partition coefficient (Wildman–Crippen LogP) is 3.92. The summed E-state index contributed by atoms with van der Waals surface area (Å²) in [4.78, 5) is 25.9. The van der Waals surface area contributed by atoms with Crippen molar-refractivity contribution < 1.29 is 18.7 Å². The van der Waals surface area contributed by atoms with E-state index in [-0.39, 0.29) is 28.8 Å². The summed E-state index contributed by atoms with van der Waals surface area (Å²) in [6.45, 7) is 6.10. The fourth-order valence-corrected chi connectivity index (χ4v) is 2.62. The number of nitrogens with zero attached hydrogens (tertiary/aromatic N) is 1. The first-order chi connectivity index (χ1) is 10.2. The monoisotopic (exact) mass is 327 g/mol. The van der Waals surface area contributed by atoms with Crippen molar-refractivity contribution in [3.63, 3.8) is 0 Å². The Morgan fingerprint density at radius 2 is 2.00 bits per heavy atom. The van der Waals surface area contributed by atoms with Gasteiger partial charge in [0.25, 0.3) is 0 Å². The molecule has 2 rings (SSSR count). The number of ketones is 1. The van der Waals surface area contributed by atoms with E-state index in [4.69, 9.17) is 16.3 Å². The van der Waals surface area contributed by atoms with Gasteiger partial charge in [-0.2, -0.15) is 0 Å². The van der Waals surface area contributed by atoms with Crippen molar-refractivity contribution in [1.82, 2.24) is 4.90 Å². The Morgan fingerprint density at radius 3 is 2.59 bits per heavy atom. The molecular formula is C16H19ClFNO3. The van der Waals surface area contributed by atoms with Crippen LogP contribution in [0.5, 0.6) is 0 Å². The van der Waals surface area contributed by atoms with Gasteiger partial charge in [-0.1, -0.05) is 11.6 Å². The van der Waals surface area contributed by atoms with Crippen molar-refractivity contribution in [3.05, 3.63) is 34.6 Å². The van der Waals surface area contributed by atoms with Crippen LogP contribution in [0.4, 0.5) is 9.18 Å². The normalized spacial score (nSPS) is 18.4. The highest BCUT2D eigenvalue weighted by atomic mass is 35.5. The minimum atomic E-state index is -0.574. The quantitative estimate of drug-likeness (QED) is 0.773. The van der Waals surface area contributed by atoms with Crippen LogP contribution >= 0.6 is 11.6 Å². The maximum atomic E-state index is 13.3. The van der Waals surface area contributed by atoms with E-state index in [1.54, 1.807) is 20.8 Å². The van der Waals surface area contributed by atoms with Crippen LogP contribution in [-0.4, -0.2) is 35.5 Å². The first kappa shape index (κ1) is 16.7. The molecule has 0 radical (unpaired) electrons. The van der Waals surface area contributed by atoms with Crippen LogP contribution in [0.15, 0.2) is 18.2 Å². The summed E-state index contributed by atoms with van der Waals surface area (Å²) in [6.07, 6.45) is 0.103. The lowest BCUT2D eigenvalue weighted by Gasteiger charge is -2.24. The second-order valence-corrected chi connectivity index (χ2v) is 6.87. The number of likely N-dealkylation sites (tertiary alicyclic amines) is 1. The molecule has 1 aromatic rings. The molecule has 1 aliphatic rings. The summed E-state index contributed by atoms with van der Waals surface area (Å²) in [5.41, 5.74) is -0.337. The molecule has 120 valence electrons. The fourth-order valence-electron chi connectivity index (χ4n) is 2.40. The van der Waals surface area contributed by atoms with Crippen LogP contribution in [-0.2, 0) is 4.74 Å². The number of carbonyl (C=O) groups is 2. The lowest BCUT2D eigenvalue weighted by Crippen LogP contribution is -2.35. The zero-order chi connectivity index (χ0) is 16.5. The number of benzene rings is 1. The van der Waals surface area contributed by atoms with Crippen molar-refractivity contribution in [2.45, 2.75) is 32.8 Å². The topological polar surface area (TPSA) is 46.6 Å². The van der Waals surface area contributed by atoms with E-state index in [0.29, 0.717) is 13.0 Å². The summed E-state index contributed by atoms with van der Waals surface area (Å²) in [6, 6.07) is 3.77. The number of halogens is 2. The highest BCUT2D eigenvalue weighted by Gasteiger charge is 2.33. The summed E-state index contributed by atoms with van der Waals surface area (Å²) >= 11 is 5.78. The van der Waals surface area contributed by atoms with Crippen molar-refractivity contribution in [2.75, 3.05) is 13.1 Å². The van der Waals surface area contributed by atoms with Gasteiger partial charge in [0.2, 0.25) is 0 Å². The van der Waals surface area contributed by atoms with E-state index in [0.717, 1.165) is 6.07 Å². The fraction of sp³-hybridized carbons (Fsp3) is 0.500. The van der Waals surface area contributed by atoms with E-state index in [1.807, 2.05) is 0 Å². The lowest BCUT2D eigenvalue weighted by atomic mass is 9.97. The zero-order valence-electron chi connectivity index (χ0n) is 12.9. The molecule has 6 heteroatoms. The lowest BCUT2D eigenvalue weighted by molar-refractivity contribution is 0.0289. The second-order valence-electron chi connectivity index (χ2n) is 6.43. The van der Waals surface area contributed by atoms with Crippen LogP contribution in [0.25, 0.3) is 0 Å². The summed E-state index contributed by atoms with van der Waals surface area (Å²) in [5, 5.41) is 0.186. The standard InChI is InChI=1S/C16H19ClFNO3/c1-16(2,3)22-15(21)19-5-4-10(9-19)14(20)11-6-12(17)8-13(18)7-11/h6-8,10H,4-5,9H2,1-3H3/t10-/m0/s1. The average molecular weight is 328 g/mol. The molecule has 1 amide bonds. The van der Waals surface area contributed by atoms with Crippen LogP contribution in [0, 0.1) is 11.7 Å². The van der Waals surface area contributed by atoms with E-state index in [1.165, 1.54) is 17.0 Å². The van der Waals surface area contributed by atoms with Gasteiger partial charge in [0.15, 0.2) is 5.78 Å². The smallest absolute Gasteiger partial charge is 0.410 e. The predicted molar refractivity (Wildman–Crippen MR) is 81.7 cm³/mol. The van der Waals surface area contributed by atoms with E-state index in [2.05, 4.69) is 0 Å². The Morgan fingerprint density at radius 1 is 1.32 bits per heavy atom. The summed E-state index contributed by atoms with van der Waals surface area (Å²) in [5.74, 6) is -1.10. The highest BCUT2D eigenvalue weighted by molar-refractivity contribution is 6.31. The Labute approximate surface area is 134 Å². The second kappa shape index (κ2) is 6.24. The number of carbonyl (C=O) groups excluding carboxylic acids is 2. The molecule has 1 aromatic carbocycles. The molecule has 22 heavy (non-hydrogen) atoms. The third-order valence-corrected chi connectivity index (χ3v) is 3.58. The Bertz CT molecular complexity index is 577. The van der Waals surface area contributed by atoms with Gasteiger partial charge in [0.05, 0.1) is 0 Å². The van der Waals surface area contributed by atoms with Gasteiger partial charge in [-0.3, -0.25) is 4.79 Å². The molecular weight excluding hydrogens is 309 g/mol. The van der Waals surface area contributed by atoms with Crippen LogP contribution in [0.1, 0.15) is 37.6 Å². The maximum Gasteiger partial charge on any atom is 0.410 e. The van der Waals surface area contributed by atoms with Gasteiger partial charge in [-0.15, -0.1) is 0 Å². The molecule has 1 heterocycles. The average Bonchev–Trinajstić information content (AvgIpc) is 2.84. The molecule has 4 nitrogen and oxygen atoms in total. The molecule has 0 N–H and O–H groups in total. The first-order valence-corrected chi connectivity index (χ1v) is 7.52. The molecule has 0 unspecified atom stereocenters. The molecule has 1 aliphatic heterocycles. The molecule has 0 spiro atoms. The number of Topliss-reactive ketones (excluding diaryl/α,β-unsaturated/α-hetero) is 1. The number of rotatable bonds is 2. The molecule has 1 saturated heterocycles. The molecule has 0 bridgehead atoms. The van der Waals surface area contributed by atoms with Gasteiger partial charge in [-0.05, 0) is 45.4 Å². The number of amides is 1. The highest BCUT2D eigenvalue weighted by Crippen LogP contribution is 2.24. The van der Waals surface area contributed by atoms with Crippen LogP contribution in [0.3, 0.4) is 0 Å². The van der Waals surface area contributed by atoms with Gasteiger partial charge in [0.1, 0.15) is 11.4 Å². The minimum Gasteiger partial charge on any atom is -0.444 e. The van der Waals surface area contributed by atoms with Crippen molar-refractivity contribution in [2.24, 2.45) is 5.92 Å². The summed E-state index contributed by atoms with van der Waals surface area (Å²) in [7, 11) is 0. The number of hydrogen-bond donors (Lipinski definition) is 0.